The van der Waals surface area contributed by atoms with Gasteiger partial charge in [0, 0.05) is 41.3 Å². The number of hydrogen-bond donors (Lipinski definition) is 3. The number of nitrogens with two attached hydrogens (primary N) is 1. The van der Waals surface area contributed by atoms with E-state index in [2.05, 4.69) is 65.9 Å². The Morgan fingerprint density at radius 3 is 2.18 bits per heavy atom. The van der Waals surface area contributed by atoms with Gasteiger partial charge in [0.15, 0.2) is 0 Å². The third-order valence-corrected chi connectivity index (χ3v) is 5.74. The van der Waals surface area contributed by atoms with Crippen molar-refractivity contribution < 1.29 is 9.59 Å². The number of hydrogen-bond acceptors (Lipinski definition) is 4. The molecule has 0 atom stereocenters. The van der Waals surface area contributed by atoms with Gasteiger partial charge in [0.05, 0.1) is 5.57 Å². The highest BCUT2D eigenvalue weighted by Crippen LogP contribution is 2.34. The fourth-order valence-electron chi connectivity index (χ4n) is 4.04. The molecule has 2 amide bonds. The average molecular weight is 441 g/mol. The first-order valence-electron chi connectivity index (χ1n) is 10.9. The number of amides is 2. The zero-order valence-electron chi connectivity index (χ0n) is 19.1. The molecule has 0 radical (unpaired) electrons. The van der Waals surface area contributed by atoms with Gasteiger partial charge in [0.1, 0.15) is 0 Å². The second-order valence-corrected chi connectivity index (χ2v) is 8.56. The Hall–Kier alpha value is -3.90. The quantitative estimate of drug-likeness (QED) is 0.472. The van der Waals surface area contributed by atoms with Crippen LogP contribution in [0.1, 0.15) is 39.5 Å². The molecule has 3 aromatic carbocycles. The molecule has 0 spiro atoms. The normalized spacial score (nSPS) is 14.1. The molecule has 1 heterocycles. The molecule has 0 aromatic heterocycles. The summed E-state index contributed by atoms with van der Waals surface area (Å²) in [5, 5.41) is 6.14. The lowest BCUT2D eigenvalue weighted by Crippen LogP contribution is -2.17. The highest BCUT2D eigenvalue weighted by Gasteiger charge is 2.27. The number of fused-ring (bicyclic) bond motifs is 1. The maximum Gasteiger partial charge on any atom is 0.258 e. The summed E-state index contributed by atoms with van der Waals surface area (Å²) in [6.07, 6.45) is 0. The van der Waals surface area contributed by atoms with Crippen molar-refractivity contribution in [1.29, 1.82) is 0 Å². The molecular formula is C27H28N4O2. The first kappa shape index (κ1) is 22.3. The fraction of sp³-hybridized carbons (Fsp3) is 0.185. The van der Waals surface area contributed by atoms with Crippen LogP contribution in [0.15, 0.2) is 72.4 Å². The number of primary amides is 1. The van der Waals surface area contributed by atoms with Crippen molar-refractivity contribution in [2.45, 2.75) is 26.9 Å². The Bertz CT molecular complexity index is 1230. The maximum atomic E-state index is 12.6. The molecule has 168 valence electrons. The number of allylic oxidation sites excluding steroid dienone is 1. The van der Waals surface area contributed by atoms with Gasteiger partial charge in [-0.15, -0.1) is 0 Å². The molecule has 6 heteroatoms. The van der Waals surface area contributed by atoms with Crippen LogP contribution in [0.3, 0.4) is 0 Å². The van der Waals surface area contributed by atoms with Crippen LogP contribution >= 0.6 is 0 Å². The molecular weight excluding hydrogens is 412 g/mol. The van der Waals surface area contributed by atoms with E-state index in [9.17, 15) is 9.59 Å². The summed E-state index contributed by atoms with van der Waals surface area (Å²) in [5.74, 6) is -0.727. The van der Waals surface area contributed by atoms with Crippen molar-refractivity contribution in [3.8, 4) is 0 Å². The van der Waals surface area contributed by atoms with E-state index in [1.807, 2.05) is 19.1 Å². The molecule has 0 saturated carbocycles. The summed E-state index contributed by atoms with van der Waals surface area (Å²) < 4.78 is 0. The third kappa shape index (κ3) is 5.13. The van der Waals surface area contributed by atoms with Crippen LogP contribution in [0.4, 0.5) is 11.4 Å². The van der Waals surface area contributed by atoms with E-state index in [4.69, 9.17) is 5.73 Å². The molecule has 3 aromatic rings. The minimum absolute atomic E-state index is 0.203. The predicted molar refractivity (Wildman–Crippen MR) is 133 cm³/mol. The molecule has 0 fully saturated rings. The van der Waals surface area contributed by atoms with Gasteiger partial charge in [0.2, 0.25) is 5.91 Å². The highest BCUT2D eigenvalue weighted by molar-refractivity contribution is 6.32. The van der Waals surface area contributed by atoms with Gasteiger partial charge < -0.3 is 16.4 Å². The molecule has 4 rings (SSSR count). The molecule has 0 unspecified atom stereocenters. The van der Waals surface area contributed by atoms with Crippen LogP contribution < -0.4 is 16.4 Å². The molecule has 4 N–H and O–H groups in total. The second kappa shape index (κ2) is 9.30. The lowest BCUT2D eigenvalue weighted by Gasteiger charge is -2.17. The maximum absolute atomic E-state index is 12.6. The van der Waals surface area contributed by atoms with E-state index in [1.165, 1.54) is 16.7 Å². The summed E-state index contributed by atoms with van der Waals surface area (Å²) in [6.45, 7) is 5.69. The lowest BCUT2D eigenvalue weighted by atomic mass is 10.0. The van der Waals surface area contributed by atoms with E-state index in [-0.39, 0.29) is 5.91 Å². The molecule has 6 nitrogen and oxygen atoms in total. The standard InChI is InChI=1S/C27H28N4O2/c1-17-4-6-19(7-5-17)15-31(3)16-20-8-11-22(12-9-20)29-18(2)25-23-13-10-21(26(28)32)14-24(23)30-27(25)33/h4-14,29H,15-16H2,1-3H3,(H2,28,32)(H,30,33). The zero-order valence-corrected chi connectivity index (χ0v) is 19.1. The molecule has 0 aliphatic carbocycles. The molecule has 1 aliphatic heterocycles. The van der Waals surface area contributed by atoms with Crippen molar-refractivity contribution in [1.82, 2.24) is 4.90 Å². The summed E-state index contributed by atoms with van der Waals surface area (Å²) in [6, 6.07) is 21.8. The Labute approximate surface area is 194 Å². The second-order valence-electron chi connectivity index (χ2n) is 8.56. The van der Waals surface area contributed by atoms with Crippen LogP contribution in [0.5, 0.6) is 0 Å². The highest BCUT2D eigenvalue weighted by atomic mass is 16.2. The lowest BCUT2D eigenvalue weighted by molar-refractivity contribution is -0.110. The number of carbonyl (C=O) groups excluding carboxylic acids is 2. The summed E-state index contributed by atoms with van der Waals surface area (Å²) in [5.41, 5.74) is 13.0. The molecule has 0 bridgehead atoms. The van der Waals surface area contributed by atoms with Crippen LogP contribution in [0.25, 0.3) is 5.57 Å². The van der Waals surface area contributed by atoms with Crippen LogP contribution in [-0.4, -0.2) is 23.8 Å². The zero-order chi connectivity index (χ0) is 23.5. The number of rotatable bonds is 7. The Morgan fingerprint density at radius 1 is 0.970 bits per heavy atom. The van der Waals surface area contributed by atoms with Gasteiger partial charge in [0.25, 0.3) is 5.91 Å². The van der Waals surface area contributed by atoms with Crippen molar-refractivity contribution >= 4 is 28.8 Å². The van der Waals surface area contributed by atoms with Crippen molar-refractivity contribution in [3.05, 3.63) is 100 Å². The van der Waals surface area contributed by atoms with E-state index < -0.39 is 5.91 Å². The smallest absolute Gasteiger partial charge is 0.258 e. The monoisotopic (exact) mass is 440 g/mol. The van der Waals surface area contributed by atoms with Gasteiger partial charge >= 0.3 is 0 Å². The topological polar surface area (TPSA) is 87.5 Å². The number of aryl methyl sites for hydroxylation is 1. The number of nitrogens with zero attached hydrogens (tertiary/aromatic N) is 1. The first-order chi connectivity index (χ1) is 15.8. The van der Waals surface area contributed by atoms with Crippen molar-refractivity contribution in [3.63, 3.8) is 0 Å². The van der Waals surface area contributed by atoms with Crippen LogP contribution in [-0.2, 0) is 17.9 Å². The molecule has 1 aliphatic rings. The molecule has 33 heavy (non-hydrogen) atoms. The molecule has 0 saturated heterocycles. The van der Waals surface area contributed by atoms with Crippen molar-refractivity contribution in [2.75, 3.05) is 17.7 Å². The predicted octanol–water partition coefficient (Wildman–Crippen LogP) is 4.52. The van der Waals surface area contributed by atoms with E-state index in [0.717, 1.165) is 30.0 Å². The average Bonchev–Trinajstić information content (AvgIpc) is 3.11. The van der Waals surface area contributed by atoms with Crippen LogP contribution in [0, 0.1) is 6.92 Å². The van der Waals surface area contributed by atoms with E-state index >= 15 is 0 Å². The van der Waals surface area contributed by atoms with Gasteiger partial charge in [-0.2, -0.15) is 0 Å². The largest absolute Gasteiger partial charge is 0.366 e. The van der Waals surface area contributed by atoms with E-state index in [1.54, 1.807) is 18.2 Å². The van der Waals surface area contributed by atoms with Crippen molar-refractivity contribution in [2.24, 2.45) is 5.73 Å². The van der Waals surface area contributed by atoms with Crippen LogP contribution in [0.2, 0.25) is 0 Å². The number of nitrogens with one attached hydrogen (secondary N) is 2. The van der Waals surface area contributed by atoms with Gasteiger partial charge in [-0.3, -0.25) is 14.5 Å². The summed E-state index contributed by atoms with van der Waals surface area (Å²) in [7, 11) is 2.11. The first-order valence-corrected chi connectivity index (χ1v) is 10.9. The summed E-state index contributed by atoms with van der Waals surface area (Å²) >= 11 is 0. The van der Waals surface area contributed by atoms with Gasteiger partial charge in [-0.25, -0.2) is 0 Å². The minimum atomic E-state index is -0.524. The summed E-state index contributed by atoms with van der Waals surface area (Å²) in [4.78, 5) is 26.3. The SMILES string of the molecule is CC(Nc1ccc(CN(C)Cc2ccc(C)cc2)cc1)=C1C(=O)Nc2cc(C(N)=O)ccc21. The number of benzene rings is 3. The Balaban J connectivity index is 1.43. The Kier molecular flexibility index (Phi) is 6.29. The minimum Gasteiger partial charge on any atom is -0.366 e. The Morgan fingerprint density at radius 2 is 1.58 bits per heavy atom. The van der Waals surface area contributed by atoms with E-state index in [0.29, 0.717) is 16.8 Å². The van der Waals surface area contributed by atoms with Gasteiger partial charge in [-0.1, -0.05) is 48.0 Å². The van der Waals surface area contributed by atoms with Gasteiger partial charge in [-0.05, 0) is 56.3 Å². The number of anilines is 2. The fourth-order valence-corrected chi connectivity index (χ4v) is 4.04. The third-order valence-electron chi connectivity index (χ3n) is 5.74. The number of carbonyl (C=O) groups is 2.